The van der Waals surface area contributed by atoms with E-state index in [1.807, 2.05) is 11.6 Å². The lowest BCUT2D eigenvalue weighted by atomic mass is 10.0. The molecule has 2 amide bonds. The Morgan fingerprint density at radius 1 is 1.43 bits per heavy atom. The molecule has 1 N–H and O–H groups in total. The summed E-state index contributed by atoms with van der Waals surface area (Å²) in [6.07, 6.45) is 4.38. The van der Waals surface area contributed by atoms with E-state index in [1.165, 1.54) is 6.07 Å². The molecular formula is C15H17BrFN5O. The van der Waals surface area contributed by atoms with Crippen LogP contribution in [0.3, 0.4) is 0 Å². The maximum absolute atomic E-state index is 13.9. The Labute approximate surface area is 141 Å². The van der Waals surface area contributed by atoms with Crippen molar-refractivity contribution in [2.75, 3.05) is 11.9 Å². The normalized spacial score (nSPS) is 18.0. The number of benzene rings is 1. The van der Waals surface area contributed by atoms with E-state index in [9.17, 15) is 9.18 Å². The molecule has 1 aromatic carbocycles. The molecule has 1 aliphatic rings. The summed E-state index contributed by atoms with van der Waals surface area (Å²) >= 11 is 3.20. The second kappa shape index (κ2) is 6.66. The number of aryl methyl sites for hydroxylation is 1. The van der Waals surface area contributed by atoms with Crippen LogP contribution in [-0.2, 0) is 7.05 Å². The van der Waals surface area contributed by atoms with Gasteiger partial charge in [-0.3, -0.25) is 0 Å². The molecule has 23 heavy (non-hydrogen) atoms. The van der Waals surface area contributed by atoms with Crippen LogP contribution in [0.2, 0.25) is 0 Å². The zero-order chi connectivity index (χ0) is 16.4. The molecule has 2 aromatic rings. The number of amides is 2. The van der Waals surface area contributed by atoms with Gasteiger partial charge in [-0.2, -0.15) is 0 Å². The summed E-state index contributed by atoms with van der Waals surface area (Å²) in [6, 6.07) is 4.09. The van der Waals surface area contributed by atoms with Crippen LogP contribution in [0.4, 0.5) is 14.9 Å². The lowest BCUT2D eigenvalue weighted by molar-refractivity contribution is 0.157. The van der Waals surface area contributed by atoms with Crippen LogP contribution in [0, 0.1) is 5.82 Å². The van der Waals surface area contributed by atoms with Gasteiger partial charge in [0.1, 0.15) is 12.1 Å². The molecule has 0 bridgehead atoms. The number of rotatable bonds is 2. The summed E-state index contributed by atoms with van der Waals surface area (Å²) in [6.45, 7) is 0.613. The molecule has 1 fully saturated rings. The van der Waals surface area contributed by atoms with Gasteiger partial charge in [0.25, 0.3) is 0 Å². The Morgan fingerprint density at radius 3 is 2.96 bits per heavy atom. The molecule has 2 heterocycles. The molecule has 1 aliphatic heterocycles. The molecule has 122 valence electrons. The van der Waals surface area contributed by atoms with Crippen molar-refractivity contribution >= 4 is 27.6 Å². The number of carbonyl (C=O) groups is 1. The fraction of sp³-hybridized carbons (Fsp3) is 0.400. The Morgan fingerprint density at radius 2 is 2.26 bits per heavy atom. The summed E-state index contributed by atoms with van der Waals surface area (Å²) in [5.74, 6) is 0.274. The van der Waals surface area contributed by atoms with Gasteiger partial charge in [-0.05, 0) is 37.5 Å². The highest BCUT2D eigenvalue weighted by Crippen LogP contribution is 2.30. The van der Waals surface area contributed by atoms with Gasteiger partial charge < -0.3 is 14.8 Å². The number of urea groups is 1. The fourth-order valence-electron chi connectivity index (χ4n) is 2.81. The first-order chi connectivity index (χ1) is 11.1. The topological polar surface area (TPSA) is 63.1 Å². The third kappa shape index (κ3) is 3.36. The molecule has 0 aliphatic carbocycles. The molecule has 3 rings (SSSR count). The number of aromatic nitrogens is 3. The maximum Gasteiger partial charge on any atom is 0.322 e. The SMILES string of the molecule is Cn1cnnc1C1CCCCN1C(=O)Nc1ccc(Br)cc1F. The van der Waals surface area contributed by atoms with E-state index in [0.29, 0.717) is 11.0 Å². The zero-order valence-electron chi connectivity index (χ0n) is 12.7. The largest absolute Gasteiger partial charge is 0.322 e. The fourth-order valence-corrected chi connectivity index (χ4v) is 3.15. The van der Waals surface area contributed by atoms with Crippen molar-refractivity contribution in [2.24, 2.45) is 7.05 Å². The molecule has 1 unspecified atom stereocenters. The molecule has 1 saturated heterocycles. The monoisotopic (exact) mass is 381 g/mol. The molecular weight excluding hydrogens is 365 g/mol. The van der Waals surface area contributed by atoms with E-state index in [4.69, 9.17) is 0 Å². The Kier molecular flexibility index (Phi) is 4.61. The van der Waals surface area contributed by atoms with Crippen LogP contribution in [0.15, 0.2) is 29.0 Å². The average molecular weight is 382 g/mol. The van der Waals surface area contributed by atoms with Crippen LogP contribution in [0.25, 0.3) is 0 Å². The number of piperidine rings is 1. The van der Waals surface area contributed by atoms with Crippen LogP contribution in [0.5, 0.6) is 0 Å². The van der Waals surface area contributed by atoms with E-state index in [-0.39, 0.29) is 17.8 Å². The predicted molar refractivity (Wildman–Crippen MR) is 87.4 cm³/mol. The number of nitrogens with zero attached hydrogens (tertiary/aromatic N) is 4. The van der Waals surface area contributed by atoms with E-state index < -0.39 is 5.82 Å². The standard InChI is InChI=1S/C15H17BrFN5O/c1-21-9-18-20-14(21)13-4-2-3-7-22(13)15(23)19-12-6-5-10(16)8-11(12)17/h5-6,8-9,13H,2-4,7H2,1H3,(H,19,23). The highest BCUT2D eigenvalue weighted by molar-refractivity contribution is 9.10. The third-order valence-corrected chi connectivity index (χ3v) is 4.47. The summed E-state index contributed by atoms with van der Waals surface area (Å²) in [4.78, 5) is 14.3. The summed E-state index contributed by atoms with van der Waals surface area (Å²) in [5.41, 5.74) is 0.167. The van der Waals surface area contributed by atoms with E-state index in [1.54, 1.807) is 23.4 Å². The van der Waals surface area contributed by atoms with Crippen LogP contribution in [0.1, 0.15) is 31.1 Å². The highest BCUT2D eigenvalue weighted by Gasteiger charge is 2.31. The first-order valence-corrected chi connectivity index (χ1v) is 8.22. The smallest absolute Gasteiger partial charge is 0.319 e. The summed E-state index contributed by atoms with van der Waals surface area (Å²) in [5, 5.41) is 10.7. The van der Waals surface area contributed by atoms with E-state index in [2.05, 4.69) is 31.4 Å². The first-order valence-electron chi connectivity index (χ1n) is 7.43. The highest BCUT2D eigenvalue weighted by atomic mass is 79.9. The molecule has 6 nitrogen and oxygen atoms in total. The van der Waals surface area contributed by atoms with Crippen LogP contribution in [-0.4, -0.2) is 32.2 Å². The predicted octanol–water partition coefficient (Wildman–Crippen LogP) is 3.48. The number of likely N-dealkylation sites (tertiary alicyclic amines) is 1. The quantitative estimate of drug-likeness (QED) is 0.865. The van der Waals surface area contributed by atoms with Crippen molar-refractivity contribution in [3.63, 3.8) is 0 Å². The Bertz CT molecular complexity index is 720. The number of hydrogen-bond donors (Lipinski definition) is 1. The van der Waals surface area contributed by atoms with Gasteiger partial charge in [-0.15, -0.1) is 10.2 Å². The number of hydrogen-bond acceptors (Lipinski definition) is 3. The zero-order valence-corrected chi connectivity index (χ0v) is 14.3. The lowest BCUT2D eigenvalue weighted by Crippen LogP contribution is -2.42. The molecule has 0 spiro atoms. The van der Waals surface area contributed by atoms with Crippen molar-refractivity contribution in [1.29, 1.82) is 0 Å². The number of carbonyl (C=O) groups excluding carboxylic acids is 1. The average Bonchev–Trinajstić information content (AvgIpc) is 2.96. The minimum absolute atomic E-state index is 0.144. The second-order valence-electron chi connectivity index (χ2n) is 5.56. The van der Waals surface area contributed by atoms with Gasteiger partial charge >= 0.3 is 6.03 Å². The summed E-state index contributed by atoms with van der Waals surface area (Å²) < 4.78 is 16.4. The van der Waals surface area contributed by atoms with Gasteiger partial charge in [-0.1, -0.05) is 15.9 Å². The van der Waals surface area contributed by atoms with Crippen LogP contribution >= 0.6 is 15.9 Å². The number of anilines is 1. The van der Waals surface area contributed by atoms with Crippen LogP contribution < -0.4 is 5.32 Å². The van der Waals surface area contributed by atoms with Gasteiger partial charge in [0.2, 0.25) is 0 Å². The first kappa shape index (κ1) is 15.9. The van der Waals surface area contributed by atoms with Crippen molar-refractivity contribution in [3.05, 3.63) is 40.6 Å². The Hall–Kier alpha value is -1.96. The molecule has 1 atom stereocenters. The number of halogens is 2. The maximum atomic E-state index is 13.9. The van der Waals surface area contributed by atoms with Crippen molar-refractivity contribution < 1.29 is 9.18 Å². The van der Waals surface area contributed by atoms with E-state index in [0.717, 1.165) is 25.1 Å². The number of nitrogens with one attached hydrogen (secondary N) is 1. The van der Waals surface area contributed by atoms with Gasteiger partial charge in [0.05, 0.1) is 11.7 Å². The molecule has 1 aromatic heterocycles. The van der Waals surface area contributed by atoms with Gasteiger partial charge in [0, 0.05) is 18.1 Å². The lowest BCUT2D eigenvalue weighted by Gasteiger charge is -2.34. The summed E-state index contributed by atoms with van der Waals surface area (Å²) in [7, 11) is 1.86. The minimum Gasteiger partial charge on any atom is -0.319 e. The molecule has 8 heteroatoms. The minimum atomic E-state index is -0.472. The van der Waals surface area contributed by atoms with Crippen molar-refractivity contribution in [2.45, 2.75) is 25.3 Å². The van der Waals surface area contributed by atoms with Crippen molar-refractivity contribution in [1.82, 2.24) is 19.7 Å². The Balaban J connectivity index is 1.80. The molecule has 0 radical (unpaired) electrons. The third-order valence-electron chi connectivity index (χ3n) is 3.98. The second-order valence-corrected chi connectivity index (χ2v) is 6.48. The van der Waals surface area contributed by atoms with Gasteiger partial charge in [-0.25, -0.2) is 9.18 Å². The molecule has 0 saturated carbocycles. The van der Waals surface area contributed by atoms with Gasteiger partial charge in [0.15, 0.2) is 5.82 Å². The van der Waals surface area contributed by atoms with Crippen molar-refractivity contribution in [3.8, 4) is 0 Å². The van der Waals surface area contributed by atoms with E-state index >= 15 is 0 Å².